The van der Waals surface area contributed by atoms with Crippen LogP contribution in [0.5, 0.6) is 0 Å². The number of nitrogens with one attached hydrogen (secondary N) is 2. The van der Waals surface area contributed by atoms with Crippen molar-refractivity contribution in [3.8, 4) is 11.5 Å². The van der Waals surface area contributed by atoms with Gasteiger partial charge in [-0.3, -0.25) is 9.82 Å². The van der Waals surface area contributed by atoms with Gasteiger partial charge < -0.3 is 4.42 Å². The molecule has 0 aliphatic rings. The van der Waals surface area contributed by atoms with Crippen molar-refractivity contribution in [2.75, 3.05) is 4.72 Å². The van der Waals surface area contributed by atoms with Crippen LogP contribution >= 0.6 is 0 Å². The van der Waals surface area contributed by atoms with Crippen LogP contribution in [0.25, 0.3) is 11.5 Å². The molecule has 3 rings (SSSR count). The first-order chi connectivity index (χ1) is 10.8. The molecule has 23 heavy (non-hydrogen) atoms. The van der Waals surface area contributed by atoms with E-state index in [1.54, 1.807) is 13.0 Å². The van der Waals surface area contributed by atoms with Gasteiger partial charge in [0, 0.05) is 11.8 Å². The van der Waals surface area contributed by atoms with Gasteiger partial charge in [0.15, 0.2) is 5.76 Å². The lowest BCUT2D eigenvalue weighted by molar-refractivity contribution is 0.534. The second-order valence-electron chi connectivity index (χ2n) is 5.08. The summed E-state index contributed by atoms with van der Waals surface area (Å²) < 4.78 is 45.9. The number of hydrogen-bond donors (Lipinski definition) is 2. The average Bonchev–Trinajstić information content (AvgIpc) is 3.04. The minimum absolute atomic E-state index is 0.0163. The van der Waals surface area contributed by atoms with Crippen molar-refractivity contribution in [3.63, 3.8) is 0 Å². The molecule has 0 saturated carbocycles. The van der Waals surface area contributed by atoms with Crippen LogP contribution in [0.1, 0.15) is 11.5 Å². The molecule has 0 unspecified atom stereocenters. The number of H-pyrrole nitrogens is 1. The van der Waals surface area contributed by atoms with E-state index in [1.165, 1.54) is 24.3 Å². The minimum atomic E-state index is -3.89. The molecule has 0 fully saturated rings. The maximum Gasteiger partial charge on any atom is 0.265 e. The topological polar surface area (TPSA) is 88.0 Å². The van der Waals surface area contributed by atoms with E-state index in [9.17, 15) is 12.8 Å². The Morgan fingerprint density at radius 3 is 2.65 bits per heavy atom. The van der Waals surface area contributed by atoms with Crippen LogP contribution in [0, 0.1) is 19.7 Å². The number of aromatic amines is 1. The third-order valence-corrected chi connectivity index (χ3v) is 4.69. The van der Waals surface area contributed by atoms with Crippen molar-refractivity contribution in [1.82, 2.24) is 10.2 Å². The number of halogens is 1. The van der Waals surface area contributed by atoms with Gasteiger partial charge in [-0.15, -0.1) is 0 Å². The fraction of sp³-hybridized carbons (Fsp3) is 0.133. The van der Waals surface area contributed by atoms with Crippen molar-refractivity contribution in [1.29, 1.82) is 0 Å². The minimum Gasteiger partial charge on any atom is -0.458 e. The summed E-state index contributed by atoms with van der Waals surface area (Å²) in [4.78, 5) is -0.0163. The fourth-order valence-corrected chi connectivity index (χ4v) is 3.39. The fourth-order valence-electron chi connectivity index (χ4n) is 2.16. The highest BCUT2D eigenvalue weighted by Gasteiger charge is 2.23. The van der Waals surface area contributed by atoms with E-state index >= 15 is 0 Å². The molecular weight excluding hydrogens is 321 g/mol. The van der Waals surface area contributed by atoms with Gasteiger partial charge in [0.25, 0.3) is 10.0 Å². The lowest BCUT2D eigenvalue weighted by Gasteiger charge is -2.06. The van der Waals surface area contributed by atoms with Crippen molar-refractivity contribution in [3.05, 3.63) is 53.7 Å². The van der Waals surface area contributed by atoms with Gasteiger partial charge >= 0.3 is 0 Å². The molecule has 6 nitrogen and oxygen atoms in total. The molecule has 8 heteroatoms. The first-order valence-corrected chi connectivity index (χ1v) is 8.25. The van der Waals surface area contributed by atoms with Crippen LogP contribution in [0.4, 0.5) is 10.1 Å². The smallest absolute Gasteiger partial charge is 0.265 e. The summed E-state index contributed by atoms with van der Waals surface area (Å²) in [6, 6.07) is 8.37. The normalized spacial score (nSPS) is 11.6. The molecule has 2 aromatic heterocycles. The first-order valence-electron chi connectivity index (χ1n) is 6.76. The summed E-state index contributed by atoms with van der Waals surface area (Å²) in [6.07, 6.45) is 0. The number of aryl methyl sites for hydroxylation is 2. The van der Waals surface area contributed by atoms with E-state index in [4.69, 9.17) is 4.42 Å². The van der Waals surface area contributed by atoms with Crippen LogP contribution < -0.4 is 4.72 Å². The van der Waals surface area contributed by atoms with Crippen molar-refractivity contribution in [2.45, 2.75) is 18.7 Å². The molecule has 0 amide bonds. The molecular formula is C15H14FN3O3S. The monoisotopic (exact) mass is 335 g/mol. The van der Waals surface area contributed by atoms with Gasteiger partial charge in [0.2, 0.25) is 0 Å². The highest BCUT2D eigenvalue weighted by Crippen LogP contribution is 2.28. The van der Waals surface area contributed by atoms with E-state index in [0.717, 1.165) is 11.8 Å². The first kappa shape index (κ1) is 15.3. The largest absolute Gasteiger partial charge is 0.458 e. The van der Waals surface area contributed by atoms with Gasteiger partial charge in [-0.05, 0) is 38.1 Å². The summed E-state index contributed by atoms with van der Waals surface area (Å²) in [5, 5.41) is 6.80. The van der Waals surface area contributed by atoms with Gasteiger partial charge in [-0.1, -0.05) is 6.07 Å². The second-order valence-corrected chi connectivity index (χ2v) is 6.73. The molecule has 0 atom stereocenters. The Morgan fingerprint density at radius 1 is 1.22 bits per heavy atom. The third kappa shape index (κ3) is 3.11. The van der Waals surface area contributed by atoms with E-state index in [2.05, 4.69) is 14.9 Å². The highest BCUT2D eigenvalue weighted by atomic mass is 32.2. The predicted molar refractivity (Wildman–Crippen MR) is 83.0 cm³/mol. The number of furan rings is 1. The zero-order valence-corrected chi connectivity index (χ0v) is 13.2. The number of benzene rings is 1. The molecule has 0 aliphatic carbocycles. The summed E-state index contributed by atoms with van der Waals surface area (Å²) in [6.45, 7) is 3.37. The molecule has 3 aromatic rings. The van der Waals surface area contributed by atoms with E-state index < -0.39 is 15.8 Å². The molecule has 0 bridgehead atoms. The van der Waals surface area contributed by atoms with Gasteiger partial charge in [0.1, 0.15) is 22.2 Å². The van der Waals surface area contributed by atoms with E-state index in [1.807, 2.05) is 6.92 Å². The SMILES string of the molecule is Cc1cc(-c2cc(S(=O)(=O)Nc3cccc(F)c3)c(C)o2)n[nH]1. The summed E-state index contributed by atoms with van der Waals surface area (Å²) in [5.74, 6) is 0.0397. The molecule has 120 valence electrons. The summed E-state index contributed by atoms with van der Waals surface area (Å²) >= 11 is 0. The molecule has 0 aliphatic heterocycles. The number of anilines is 1. The molecule has 1 aromatic carbocycles. The molecule has 2 N–H and O–H groups in total. The standard InChI is InChI=1S/C15H14FN3O3S/c1-9-6-13(18-17-9)14-8-15(10(2)22-14)23(20,21)19-12-5-3-4-11(16)7-12/h3-8,19H,1-2H3,(H,17,18). The lowest BCUT2D eigenvalue weighted by Crippen LogP contribution is -2.13. The Hall–Kier alpha value is -2.61. The zero-order valence-electron chi connectivity index (χ0n) is 12.4. The van der Waals surface area contributed by atoms with Crippen LogP contribution in [-0.4, -0.2) is 18.6 Å². The van der Waals surface area contributed by atoms with Gasteiger partial charge in [0.05, 0.1) is 5.69 Å². The van der Waals surface area contributed by atoms with Crippen molar-refractivity contribution >= 4 is 15.7 Å². The van der Waals surface area contributed by atoms with Crippen LogP contribution in [0.2, 0.25) is 0 Å². The van der Waals surface area contributed by atoms with Gasteiger partial charge in [-0.25, -0.2) is 12.8 Å². The summed E-state index contributed by atoms with van der Waals surface area (Å²) in [5.41, 5.74) is 1.48. The van der Waals surface area contributed by atoms with E-state index in [0.29, 0.717) is 11.5 Å². The average molecular weight is 335 g/mol. The number of aromatic nitrogens is 2. The maximum atomic E-state index is 13.2. The third-order valence-electron chi connectivity index (χ3n) is 3.20. The highest BCUT2D eigenvalue weighted by molar-refractivity contribution is 7.92. The Kier molecular flexibility index (Phi) is 3.69. The van der Waals surface area contributed by atoms with Crippen molar-refractivity contribution in [2.24, 2.45) is 0 Å². The lowest BCUT2D eigenvalue weighted by atomic mass is 10.3. The quantitative estimate of drug-likeness (QED) is 0.766. The van der Waals surface area contributed by atoms with Crippen LogP contribution in [0.3, 0.4) is 0 Å². The molecule has 0 spiro atoms. The Bertz CT molecular complexity index is 960. The number of rotatable bonds is 4. The Morgan fingerprint density at radius 2 is 2.00 bits per heavy atom. The second kappa shape index (κ2) is 5.54. The van der Waals surface area contributed by atoms with Crippen LogP contribution in [-0.2, 0) is 10.0 Å². The predicted octanol–water partition coefficient (Wildman–Crippen LogP) is 3.23. The number of nitrogens with zero attached hydrogens (tertiary/aromatic N) is 1. The zero-order chi connectivity index (χ0) is 16.6. The number of sulfonamides is 1. The molecule has 0 saturated heterocycles. The Balaban J connectivity index is 1.95. The molecule has 2 heterocycles. The van der Waals surface area contributed by atoms with Gasteiger partial charge in [-0.2, -0.15) is 5.10 Å². The van der Waals surface area contributed by atoms with Crippen LogP contribution in [0.15, 0.2) is 45.7 Å². The number of hydrogen-bond acceptors (Lipinski definition) is 4. The molecule has 0 radical (unpaired) electrons. The summed E-state index contributed by atoms with van der Waals surface area (Å²) in [7, 11) is -3.89. The van der Waals surface area contributed by atoms with E-state index in [-0.39, 0.29) is 16.3 Å². The Labute approximate surface area is 132 Å². The maximum absolute atomic E-state index is 13.2. The van der Waals surface area contributed by atoms with Crippen molar-refractivity contribution < 1.29 is 17.2 Å².